The Kier molecular flexibility index (Phi) is 3.87. The van der Waals surface area contributed by atoms with Crippen LogP contribution in [0, 0.1) is 6.92 Å². The van der Waals surface area contributed by atoms with Gasteiger partial charge in [-0.25, -0.2) is 0 Å². The lowest BCUT2D eigenvalue weighted by atomic mass is 10.0. The van der Waals surface area contributed by atoms with Gasteiger partial charge in [-0.2, -0.15) is 8.78 Å². The van der Waals surface area contributed by atoms with Gasteiger partial charge < -0.3 is 5.73 Å². The summed E-state index contributed by atoms with van der Waals surface area (Å²) in [6.45, 7) is 2.00. The van der Waals surface area contributed by atoms with E-state index in [0.717, 1.165) is 16.7 Å². The summed E-state index contributed by atoms with van der Waals surface area (Å²) >= 11 is 0.552. The van der Waals surface area contributed by atoms with Crippen molar-refractivity contribution < 1.29 is 8.78 Å². The zero-order valence-corrected chi connectivity index (χ0v) is 10.7. The van der Waals surface area contributed by atoms with Gasteiger partial charge in [0.1, 0.15) is 0 Å². The van der Waals surface area contributed by atoms with Gasteiger partial charge in [-0.3, -0.25) is 0 Å². The van der Waals surface area contributed by atoms with Gasteiger partial charge in [0.2, 0.25) is 0 Å². The molecule has 0 saturated heterocycles. The monoisotopic (exact) mass is 265 g/mol. The molecule has 18 heavy (non-hydrogen) atoms. The number of anilines is 1. The van der Waals surface area contributed by atoms with E-state index in [-0.39, 0.29) is 0 Å². The van der Waals surface area contributed by atoms with Crippen LogP contribution < -0.4 is 5.73 Å². The summed E-state index contributed by atoms with van der Waals surface area (Å²) in [6, 6.07) is 12.8. The molecule has 0 aromatic heterocycles. The molecule has 2 N–H and O–H groups in total. The molecule has 0 aliphatic rings. The van der Waals surface area contributed by atoms with Crippen molar-refractivity contribution in [1.82, 2.24) is 0 Å². The summed E-state index contributed by atoms with van der Waals surface area (Å²) < 4.78 is 24.4. The van der Waals surface area contributed by atoms with Gasteiger partial charge in [0, 0.05) is 10.6 Å². The molecule has 0 amide bonds. The molecule has 2 aromatic rings. The lowest BCUT2D eigenvalue weighted by Gasteiger charge is -2.08. The lowest BCUT2D eigenvalue weighted by molar-refractivity contribution is 0.252. The average molecular weight is 265 g/mol. The van der Waals surface area contributed by atoms with E-state index in [0.29, 0.717) is 22.3 Å². The number of alkyl halides is 2. The molecule has 2 aromatic carbocycles. The fourth-order valence-electron chi connectivity index (χ4n) is 1.77. The first-order valence-corrected chi connectivity index (χ1v) is 6.35. The third-order valence-electron chi connectivity index (χ3n) is 2.65. The normalized spacial score (nSPS) is 10.9. The number of benzene rings is 2. The average Bonchev–Trinajstić information content (AvgIpc) is 2.33. The molecule has 0 fully saturated rings. The van der Waals surface area contributed by atoms with Crippen molar-refractivity contribution in [2.75, 3.05) is 5.73 Å². The molecule has 0 spiro atoms. The van der Waals surface area contributed by atoms with E-state index >= 15 is 0 Å². The minimum absolute atomic E-state index is 0.552. The fraction of sp³-hybridized carbons (Fsp3) is 0.143. The molecular formula is C14H13F2NS. The summed E-state index contributed by atoms with van der Waals surface area (Å²) in [5.74, 6) is -2.38. The van der Waals surface area contributed by atoms with Gasteiger partial charge in [-0.05, 0) is 47.9 Å². The van der Waals surface area contributed by atoms with Crippen molar-refractivity contribution in [1.29, 1.82) is 0 Å². The van der Waals surface area contributed by atoms with Crippen molar-refractivity contribution in [2.24, 2.45) is 0 Å². The lowest BCUT2D eigenvalue weighted by Crippen LogP contribution is -1.89. The van der Waals surface area contributed by atoms with Gasteiger partial charge in [-0.1, -0.05) is 30.0 Å². The molecule has 0 heterocycles. The minimum atomic E-state index is -2.38. The first-order chi connectivity index (χ1) is 8.56. The van der Waals surface area contributed by atoms with Crippen LogP contribution in [0.15, 0.2) is 47.4 Å². The second kappa shape index (κ2) is 5.40. The second-order valence-corrected chi connectivity index (χ2v) is 5.04. The van der Waals surface area contributed by atoms with Crippen LogP contribution in [0.5, 0.6) is 0 Å². The Labute approximate surface area is 109 Å². The maximum absolute atomic E-state index is 12.2. The smallest absolute Gasteiger partial charge is 0.288 e. The number of hydrogen-bond acceptors (Lipinski definition) is 2. The van der Waals surface area contributed by atoms with Crippen molar-refractivity contribution >= 4 is 17.4 Å². The van der Waals surface area contributed by atoms with Crippen LogP contribution in [0.4, 0.5) is 14.5 Å². The van der Waals surface area contributed by atoms with Crippen molar-refractivity contribution in [3.8, 4) is 11.1 Å². The van der Waals surface area contributed by atoms with Crippen molar-refractivity contribution in [2.45, 2.75) is 17.6 Å². The summed E-state index contributed by atoms with van der Waals surface area (Å²) in [5, 5.41) is 0. The highest BCUT2D eigenvalue weighted by Crippen LogP contribution is 2.30. The maximum Gasteiger partial charge on any atom is 0.288 e. The first-order valence-electron chi connectivity index (χ1n) is 5.47. The maximum atomic E-state index is 12.2. The van der Waals surface area contributed by atoms with Gasteiger partial charge in [-0.15, -0.1) is 0 Å². The molecule has 94 valence electrons. The SMILES string of the molecule is Cc1ccc(N)cc1-c1ccc(SC(F)F)cc1. The van der Waals surface area contributed by atoms with E-state index in [2.05, 4.69) is 0 Å². The summed E-state index contributed by atoms with van der Waals surface area (Å²) in [7, 11) is 0. The molecule has 0 aliphatic heterocycles. The quantitative estimate of drug-likeness (QED) is 0.650. The Hall–Kier alpha value is -1.55. The molecule has 0 aliphatic carbocycles. The third-order valence-corrected chi connectivity index (χ3v) is 3.37. The summed E-state index contributed by atoms with van der Waals surface area (Å²) in [5.41, 5.74) is 9.58. The standard InChI is InChI=1S/C14H13F2NS/c1-9-2-5-11(17)8-13(9)10-3-6-12(7-4-10)18-14(15)16/h2-8,14H,17H2,1H3. The molecule has 0 radical (unpaired) electrons. The van der Waals surface area contributed by atoms with Crippen LogP contribution in [0.25, 0.3) is 11.1 Å². The van der Waals surface area contributed by atoms with E-state index in [1.165, 1.54) is 0 Å². The van der Waals surface area contributed by atoms with Crippen LogP contribution in [0.3, 0.4) is 0 Å². The summed E-state index contributed by atoms with van der Waals surface area (Å²) in [4.78, 5) is 0.565. The zero-order chi connectivity index (χ0) is 13.1. The molecule has 0 saturated carbocycles. The second-order valence-electron chi connectivity index (χ2n) is 3.98. The topological polar surface area (TPSA) is 26.0 Å². The predicted molar refractivity (Wildman–Crippen MR) is 72.9 cm³/mol. The Morgan fingerprint density at radius 1 is 1.06 bits per heavy atom. The Balaban J connectivity index is 2.31. The van der Waals surface area contributed by atoms with Crippen molar-refractivity contribution in [3.05, 3.63) is 48.0 Å². The molecule has 1 nitrogen and oxygen atoms in total. The van der Waals surface area contributed by atoms with Gasteiger partial charge in [0.05, 0.1) is 0 Å². The highest BCUT2D eigenvalue weighted by Gasteiger charge is 2.06. The van der Waals surface area contributed by atoms with Gasteiger partial charge in [0.25, 0.3) is 5.76 Å². The fourth-order valence-corrected chi connectivity index (χ4v) is 2.27. The molecule has 0 unspecified atom stereocenters. The van der Waals surface area contributed by atoms with Gasteiger partial charge >= 0.3 is 0 Å². The number of hydrogen-bond donors (Lipinski definition) is 1. The molecular weight excluding hydrogens is 252 g/mol. The Morgan fingerprint density at radius 2 is 1.72 bits per heavy atom. The minimum Gasteiger partial charge on any atom is -0.399 e. The van der Waals surface area contributed by atoms with Gasteiger partial charge in [0.15, 0.2) is 0 Å². The van der Waals surface area contributed by atoms with Crippen LogP contribution in [0.2, 0.25) is 0 Å². The largest absolute Gasteiger partial charge is 0.399 e. The van der Waals surface area contributed by atoms with E-state index in [1.807, 2.05) is 37.3 Å². The van der Waals surface area contributed by atoms with Crippen LogP contribution >= 0.6 is 11.8 Å². The highest BCUT2D eigenvalue weighted by molar-refractivity contribution is 7.99. The number of rotatable bonds is 3. The van der Waals surface area contributed by atoms with E-state index in [4.69, 9.17) is 5.73 Å². The molecule has 4 heteroatoms. The molecule has 0 bridgehead atoms. The number of nitrogen functional groups attached to an aromatic ring is 1. The van der Waals surface area contributed by atoms with E-state index < -0.39 is 5.76 Å². The Bertz CT molecular complexity index is 538. The summed E-state index contributed by atoms with van der Waals surface area (Å²) in [6.07, 6.45) is 0. The first kappa shape index (κ1) is 12.9. The van der Waals surface area contributed by atoms with E-state index in [9.17, 15) is 8.78 Å². The van der Waals surface area contributed by atoms with Crippen molar-refractivity contribution in [3.63, 3.8) is 0 Å². The van der Waals surface area contributed by atoms with Crippen LogP contribution in [-0.4, -0.2) is 5.76 Å². The third kappa shape index (κ3) is 3.01. The van der Waals surface area contributed by atoms with E-state index in [1.54, 1.807) is 12.1 Å². The van der Waals surface area contributed by atoms with Crippen LogP contribution in [-0.2, 0) is 0 Å². The predicted octanol–water partition coefficient (Wildman–Crippen LogP) is 4.56. The number of thioether (sulfide) groups is 1. The zero-order valence-electron chi connectivity index (χ0n) is 9.86. The molecule has 0 atom stereocenters. The Morgan fingerprint density at radius 3 is 2.33 bits per heavy atom. The highest BCUT2D eigenvalue weighted by atomic mass is 32.2. The number of aryl methyl sites for hydroxylation is 1. The molecule has 2 rings (SSSR count). The number of halogens is 2. The van der Waals surface area contributed by atoms with Crippen LogP contribution in [0.1, 0.15) is 5.56 Å². The number of nitrogens with two attached hydrogens (primary N) is 1.